The van der Waals surface area contributed by atoms with E-state index in [4.69, 9.17) is 9.84 Å². The molecule has 1 atom stereocenters. The first-order chi connectivity index (χ1) is 20.6. The predicted molar refractivity (Wildman–Crippen MR) is 164 cm³/mol. The Kier molecular flexibility index (Phi) is 7.14. The highest BCUT2D eigenvalue weighted by atomic mass is 32.2. The van der Waals surface area contributed by atoms with Crippen LogP contribution in [0.4, 0.5) is 21.1 Å². The highest BCUT2D eigenvalue weighted by molar-refractivity contribution is 8.00. The minimum Gasteiger partial charge on any atom is -0.508 e. The standard InChI is InChI=1S/C31H30N6O5S/c1-31(2,3)26-17-27(37(34-26)20-8-10-21(38)11-9-20)33-28(39)32-18-19-6-4-5-7-24(19)42-22-12-13-25-23(16-22)35-14-15-36(30(40)41)29(35)43-25/h4-17,29,38H,18H2,1-3H3,(H,40,41)(H2,32,33,39). The lowest BCUT2D eigenvalue weighted by Gasteiger charge is -2.21. The molecule has 0 saturated carbocycles. The fourth-order valence-corrected chi connectivity index (χ4v) is 5.94. The first-order valence-electron chi connectivity index (χ1n) is 13.6. The third-order valence-corrected chi connectivity index (χ3v) is 8.24. The van der Waals surface area contributed by atoms with E-state index in [-0.39, 0.29) is 23.2 Å². The van der Waals surface area contributed by atoms with Gasteiger partial charge in [-0.1, -0.05) is 50.7 Å². The van der Waals surface area contributed by atoms with Crippen LogP contribution < -0.4 is 20.3 Å². The van der Waals surface area contributed by atoms with Gasteiger partial charge in [-0.05, 0) is 42.5 Å². The van der Waals surface area contributed by atoms with Crippen molar-refractivity contribution in [2.45, 2.75) is 43.1 Å². The van der Waals surface area contributed by atoms with E-state index in [1.54, 1.807) is 41.3 Å². The number of hydrogen-bond donors (Lipinski definition) is 4. The van der Waals surface area contributed by atoms with Crippen LogP contribution in [0.25, 0.3) is 5.69 Å². The van der Waals surface area contributed by atoms with Crippen LogP contribution in [0, 0.1) is 0 Å². The number of hydrogen-bond acceptors (Lipinski definition) is 7. The Morgan fingerprint density at radius 3 is 2.53 bits per heavy atom. The molecule has 2 aliphatic rings. The molecule has 0 fully saturated rings. The van der Waals surface area contributed by atoms with E-state index in [1.807, 2.05) is 74.2 Å². The second kappa shape index (κ2) is 11.0. The zero-order valence-corrected chi connectivity index (χ0v) is 24.5. The summed E-state index contributed by atoms with van der Waals surface area (Å²) >= 11 is 1.46. The van der Waals surface area contributed by atoms with Crippen LogP contribution in [0.3, 0.4) is 0 Å². The second-order valence-electron chi connectivity index (χ2n) is 11.1. The van der Waals surface area contributed by atoms with Crippen molar-refractivity contribution < 1.29 is 24.5 Å². The second-order valence-corrected chi connectivity index (χ2v) is 12.2. The van der Waals surface area contributed by atoms with Crippen LogP contribution in [0.15, 0.2) is 90.1 Å². The zero-order chi connectivity index (χ0) is 30.3. The van der Waals surface area contributed by atoms with Gasteiger partial charge >= 0.3 is 12.1 Å². The van der Waals surface area contributed by atoms with Gasteiger partial charge in [-0.3, -0.25) is 10.2 Å². The van der Waals surface area contributed by atoms with Crippen molar-refractivity contribution in [2.24, 2.45) is 0 Å². The number of amides is 3. The number of thioether (sulfide) groups is 1. The van der Waals surface area contributed by atoms with E-state index in [0.717, 1.165) is 21.8 Å². The lowest BCUT2D eigenvalue weighted by Crippen LogP contribution is -2.35. The highest BCUT2D eigenvalue weighted by Crippen LogP contribution is 2.49. The van der Waals surface area contributed by atoms with Gasteiger partial charge in [0.2, 0.25) is 0 Å². The number of carboxylic acid groups (broad SMARTS) is 1. The molecule has 3 amide bonds. The molecule has 0 bridgehead atoms. The quantitative estimate of drug-likeness (QED) is 0.194. The van der Waals surface area contributed by atoms with Crippen molar-refractivity contribution in [1.29, 1.82) is 0 Å². The number of phenolic OH excluding ortho intramolecular Hbond substituents is 1. The number of carbonyl (C=O) groups is 2. The maximum absolute atomic E-state index is 13.1. The van der Waals surface area contributed by atoms with Gasteiger partial charge in [0.15, 0.2) is 5.50 Å². The van der Waals surface area contributed by atoms with Crippen LogP contribution in [0.2, 0.25) is 0 Å². The van der Waals surface area contributed by atoms with Gasteiger partial charge in [0.05, 0.1) is 17.1 Å². The Hall–Kier alpha value is -5.10. The largest absolute Gasteiger partial charge is 0.508 e. The average Bonchev–Trinajstić information content (AvgIpc) is 3.67. The predicted octanol–water partition coefficient (Wildman–Crippen LogP) is 6.65. The third-order valence-electron chi connectivity index (χ3n) is 6.98. The Labute approximate surface area is 252 Å². The molecule has 11 nitrogen and oxygen atoms in total. The van der Waals surface area contributed by atoms with Crippen molar-refractivity contribution in [3.8, 4) is 22.9 Å². The topological polar surface area (TPSA) is 132 Å². The summed E-state index contributed by atoms with van der Waals surface area (Å²) in [5.41, 5.74) is 2.51. The molecular formula is C31H30N6O5S. The first-order valence-corrected chi connectivity index (χ1v) is 14.4. The molecule has 43 heavy (non-hydrogen) atoms. The summed E-state index contributed by atoms with van der Waals surface area (Å²) in [6.07, 6.45) is 2.28. The summed E-state index contributed by atoms with van der Waals surface area (Å²) in [5, 5.41) is 29.7. The summed E-state index contributed by atoms with van der Waals surface area (Å²) in [6.45, 7) is 6.33. The summed E-state index contributed by atoms with van der Waals surface area (Å²) < 4.78 is 7.88. The fraction of sp³-hybridized carbons (Fsp3) is 0.194. The van der Waals surface area contributed by atoms with Crippen LogP contribution in [0.1, 0.15) is 32.0 Å². The molecule has 4 N–H and O–H groups in total. The zero-order valence-electron chi connectivity index (χ0n) is 23.7. The van der Waals surface area contributed by atoms with Gasteiger partial charge in [0.1, 0.15) is 23.1 Å². The molecule has 1 aromatic heterocycles. The molecule has 6 rings (SSSR count). The SMILES string of the molecule is CC(C)(C)c1cc(NC(=O)NCc2ccccc2Oc2ccc3c(c2)N2C=CN(C(=O)O)C2S3)n(-c2ccc(O)cc2)n1. The third kappa shape index (κ3) is 5.69. The van der Waals surface area contributed by atoms with E-state index in [0.29, 0.717) is 23.0 Å². The maximum Gasteiger partial charge on any atom is 0.413 e. The smallest absolute Gasteiger partial charge is 0.413 e. The number of rotatable bonds is 6. The van der Waals surface area contributed by atoms with E-state index < -0.39 is 12.1 Å². The van der Waals surface area contributed by atoms with Crippen molar-refractivity contribution in [3.05, 3.63) is 96.5 Å². The number of nitrogens with zero attached hydrogens (tertiary/aromatic N) is 4. The van der Waals surface area contributed by atoms with Crippen molar-refractivity contribution >= 4 is 35.4 Å². The van der Waals surface area contributed by atoms with E-state index in [1.165, 1.54) is 16.7 Å². The lowest BCUT2D eigenvalue weighted by molar-refractivity contribution is 0.163. The number of nitrogens with one attached hydrogen (secondary N) is 2. The number of benzene rings is 3. The molecule has 0 spiro atoms. The number of aromatic hydroxyl groups is 1. The summed E-state index contributed by atoms with van der Waals surface area (Å²) in [5.74, 6) is 1.80. The Balaban J connectivity index is 1.15. The van der Waals surface area contributed by atoms with E-state index in [2.05, 4.69) is 10.6 Å². The van der Waals surface area contributed by atoms with Crippen LogP contribution in [-0.2, 0) is 12.0 Å². The highest BCUT2D eigenvalue weighted by Gasteiger charge is 2.39. The normalized spacial score (nSPS) is 15.3. The monoisotopic (exact) mass is 598 g/mol. The molecule has 12 heteroatoms. The minimum atomic E-state index is -1.01. The van der Waals surface area contributed by atoms with Gasteiger partial charge in [-0.15, -0.1) is 0 Å². The number of phenols is 1. The Morgan fingerprint density at radius 1 is 1.02 bits per heavy atom. The molecule has 220 valence electrons. The maximum atomic E-state index is 13.1. The first kappa shape index (κ1) is 28.0. The fourth-order valence-electron chi connectivity index (χ4n) is 4.71. The molecule has 2 aliphatic heterocycles. The molecule has 0 saturated heterocycles. The van der Waals surface area contributed by atoms with Crippen LogP contribution in [0.5, 0.6) is 17.2 Å². The van der Waals surface area contributed by atoms with E-state index in [9.17, 15) is 19.8 Å². The van der Waals surface area contributed by atoms with Crippen LogP contribution in [-0.4, -0.2) is 42.5 Å². The molecule has 1 unspecified atom stereocenters. The van der Waals surface area contributed by atoms with Gasteiger partial charge in [0, 0.05) is 47.0 Å². The van der Waals surface area contributed by atoms with Gasteiger partial charge in [-0.25, -0.2) is 14.3 Å². The van der Waals surface area contributed by atoms with Gasteiger partial charge < -0.3 is 25.2 Å². The number of ether oxygens (including phenoxy) is 1. The van der Waals surface area contributed by atoms with Crippen molar-refractivity contribution in [3.63, 3.8) is 0 Å². The molecular weight excluding hydrogens is 568 g/mol. The number of anilines is 2. The molecule has 3 aromatic carbocycles. The number of carbonyl (C=O) groups excluding carboxylic acids is 1. The molecule has 4 aromatic rings. The summed E-state index contributed by atoms with van der Waals surface area (Å²) in [7, 11) is 0. The number of urea groups is 1. The Morgan fingerprint density at radius 2 is 1.79 bits per heavy atom. The molecule has 0 radical (unpaired) electrons. The van der Waals surface area contributed by atoms with Gasteiger partial charge in [-0.2, -0.15) is 5.10 Å². The number of para-hydroxylation sites is 1. The molecule has 0 aliphatic carbocycles. The Bertz CT molecular complexity index is 1730. The van der Waals surface area contributed by atoms with Gasteiger partial charge in [0.25, 0.3) is 0 Å². The average molecular weight is 599 g/mol. The summed E-state index contributed by atoms with van der Waals surface area (Å²) in [4.78, 5) is 28.7. The minimum absolute atomic E-state index is 0.140. The summed E-state index contributed by atoms with van der Waals surface area (Å²) in [6, 6.07) is 21.1. The van der Waals surface area contributed by atoms with Crippen molar-refractivity contribution in [2.75, 3.05) is 10.2 Å². The number of fused-ring (bicyclic) bond motifs is 3. The lowest BCUT2D eigenvalue weighted by atomic mass is 9.92. The van der Waals surface area contributed by atoms with Crippen molar-refractivity contribution in [1.82, 2.24) is 20.0 Å². The number of aromatic nitrogens is 2. The van der Waals surface area contributed by atoms with E-state index >= 15 is 0 Å². The molecule has 3 heterocycles. The van der Waals surface area contributed by atoms with Crippen LogP contribution >= 0.6 is 11.8 Å².